The maximum Gasteiger partial charge on any atom is 0.119 e. The van der Waals surface area contributed by atoms with Gasteiger partial charge in [-0.25, -0.2) is 0 Å². The first kappa shape index (κ1) is 12.7. The summed E-state index contributed by atoms with van der Waals surface area (Å²) in [6.07, 6.45) is 4.90. The Kier molecular flexibility index (Phi) is 3.85. The first-order chi connectivity index (χ1) is 9.36. The van der Waals surface area contributed by atoms with Gasteiger partial charge in [-0.2, -0.15) is 0 Å². The Balaban J connectivity index is 1.74. The predicted octanol–water partition coefficient (Wildman–Crippen LogP) is 2.15. The second kappa shape index (κ2) is 5.76. The fourth-order valence-corrected chi connectivity index (χ4v) is 3.07. The van der Waals surface area contributed by atoms with Crippen LogP contribution in [0.5, 0.6) is 5.75 Å². The number of nitrogens with zero attached hydrogens (tertiary/aromatic N) is 1. The molecule has 1 unspecified atom stereocenters. The first-order valence-electron chi connectivity index (χ1n) is 7.17. The Hall–Kier alpha value is -1.32. The number of benzene rings is 1. The molecule has 3 rings (SSSR count). The lowest BCUT2D eigenvalue weighted by atomic mass is 10.1. The Labute approximate surface area is 115 Å². The van der Waals surface area contributed by atoms with Crippen LogP contribution < -0.4 is 10.1 Å². The lowest BCUT2D eigenvalue weighted by Crippen LogP contribution is -2.47. The van der Waals surface area contributed by atoms with E-state index >= 15 is 0 Å². The van der Waals surface area contributed by atoms with Crippen molar-refractivity contribution < 1.29 is 4.74 Å². The molecular formula is C16H22N2O. The Morgan fingerprint density at radius 3 is 2.89 bits per heavy atom. The largest absolute Gasteiger partial charge is 0.497 e. The van der Waals surface area contributed by atoms with Crippen LogP contribution in [0, 0.1) is 0 Å². The minimum absolute atomic E-state index is 0.628. The summed E-state index contributed by atoms with van der Waals surface area (Å²) in [6, 6.07) is 9.05. The molecule has 0 aromatic heterocycles. The molecule has 19 heavy (non-hydrogen) atoms. The molecule has 0 amide bonds. The minimum Gasteiger partial charge on any atom is -0.497 e. The highest BCUT2D eigenvalue weighted by Crippen LogP contribution is 2.32. The summed E-state index contributed by atoms with van der Waals surface area (Å²) in [5, 5.41) is 3.42. The van der Waals surface area contributed by atoms with Crippen molar-refractivity contribution in [1.82, 2.24) is 10.2 Å². The van der Waals surface area contributed by atoms with Gasteiger partial charge in [0, 0.05) is 32.2 Å². The normalized spacial score (nSPS) is 24.3. The van der Waals surface area contributed by atoms with Gasteiger partial charge in [0.1, 0.15) is 5.75 Å². The second-order valence-corrected chi connectivity index (χ2v) is 5.32. The van der Waals surface area contributed by atoms with Crippen molar-refractivity contribution in [2.45, 2.75) is 18.9 Å². The predicted molar refractivity (Wildman–Crippen MR) is 78.4 cm³/mol. The molecule has 1 aliphatic heterocycles. The maximum absolute atomic E-state index is 5.31. The zero-order chi connectivity index (χ0) is 13.1. The molecule has 0 radical (unpaired) electrons. The molecule has 1 N–H and O–H groups in total. The molecule has 3 heteroatoms. The molecule has 1 aliphatic carbocycles. The Bertz CT molecular complexity index is 464. The number of piperazine rings is 1. The minimum atomic E-state index is 0.628. The van der Waals surface area contributed by atoms with Crippen LogP contribution >= 0.6 is 0 Å². The van der Waals surface area contributed by atoms with Crippen molar-refractivity contribution in [3.8, 4) is 5.75 Å². The number of rotatable bonds is 3. The van der Waals surface area contributed by atoms with Gasteiger partial charge in [0.05, 0.1) is 7.11 Å². The van der Waals surface area contributed by atoms with Crippen LogP contribution in [0.4, 0.5) is 0 Å². The highest BCUT2D eigenvalue weighted by atomic mass is 16.5. The molecule has 1 aromatic carbocycles. The standard InChI is InChI=1S/C16H22N2O/c1-19-16-4-2-3-13(12-16)14-5-6-15(11-14)18-9-7-17-8-10-18/h2-4,11-12,15,17H,5-10H2,1H3. The number of methoxy groups -OCH3 is 1. The van der Waals surface area contributed by atoms with Crippen molar-refractivity contribution in [2.24, 2.45) is 0 Å². The van der Waals surface area contributed by atoms with Gasteiger partial charge in [-0.1, -0.05) is 18.2 Å². The van der Waals surface area contributed by atoms with E-state index in [1.165, 1.54) is 37.1 Å². The van der Waals surface area contributed by atoms with Gasteiger partial charge in [-0.15, -0.1) is 0 Å². The molecule has 3 nitrogen and oxygen atoms in total. The molecule has 2 aliphatic rings. The number of ether oxygens (including phenoxy) is 1. The van der Waals surface area contributed by atoms with E-state index in [0.29, 0.717) is 6.04 Å². The average molecular weight is 258 g/mol. The van der Waals surface area contributed by atoms with Gasteiger partial charge in [-0.3, -0.25) is 4.90 Å². The second-order valence-electron chi connectivity index (χ2n) is 5.32. The summed E-state index contributed by atoms with van der Waals surface area (Å²) in [7, 11) is 1.73. The Morgan fingerprint density at radius 1 is 1.26 bits per heavy atom. The SMILES string of the molecule is COc1cccc(C2=CC(N3CCNCC3)CC2)c1. The topological polar surface area (TPSA) is 24.5 Å². The van der Waals surface area contributed by atoms with Gasteiger partial charge < -0.3 is 10.1 Å². The highest BCUT2D eigenvalue weighted by molar-refractivity contribution is 5.69. The zero-order valence-corrected chi connectivity index (χ0v) is 11.6. The molecule has 1 aromatic rings. The molecule has 0 saturated carbocycles. The third kappa shape index (κ3) is 2.82. The van der Waals surface area contributed by atoms with Gasteiger partial charge in [0.2, 0.25) is 0 Å². The van der Waals surface area contributed by atoms with Crippen LogP contribution in [0.15, 0.2) is 30.3 Å². The molecule has 1 fully saturated rings. The Morgan fingerprint density at radius 2 is 2.11 bits per heavy atom. The van der Waals surface area contributed by atoms with Gasteiger partial charge in [0.15, 0.2) is 0 Å². The van der Waals surface area contributed by atoms with Crippen molar-refractivity contribution in [3.05, 3.63) is 35.9 Å². The van der Waals surface area contributed by atoms with E-state index in [0.717, 1.165) is 18.8 Å². The van der Waals surface area contributed by atoms with E-state index in [1.54, 1.807) is 7.11 Å². The maximum atomic E-state index is 5.31. The van der Waals surface area contributed by atoms with E-state index in [-0.39, 0.29) is 0 Å². The summed E-state index contributed by atoms with van der Waals surface area (Å²) >= 11 is 0. The molecule has 0 spiro atoms. The summed E-state index contributed by atoms with van der Waals surface area (Å²) in [5.41, 5.74) is 2.79. The number of allylic oxidation sites excluding steroid dienone is 1. The van der Waals surface area contributed by atoms with E-state index in [4.69, 9.17) is 4.74 Å². The van der Waals surface area contributed by atoms with Crippen molar-refractivity contribution in [2.75, 3.05) is 33.3 Å². The third-order valence-corrected chi connectivity index (χ3v) is 4.16. The zero-order valence-electron chi connectivity index (χ0n) is 11.6. The first-order valence-corrected chi connectivity index (χ1v) is 7.17. The summed E-state index contributed by atoms with van der Waals surface area (Å²) in [4.78, 5) is 2.60. The summed E-state index contributed by atoms with van der Waals surface area (Å²) < 4.78 is 5.31. The molecule has 1 atom stereocenters. The van der Waals surface area contributed by atoms with Gasteiger partial charge in [-0.05, 0) is 36.1 Å². The monoisotopic (exact) mass is 258 g/mol. The van der Waals surface area contributed by atoms with Gasteiger partial charge >= 0.3 is 0 Å². The highest BCUT2D eigenvalue weighted by Gasteiger charge is 2.24. The summed E-state index contributed by atoms with van der Waals surface area (Å²) in [6.45, 7) is 4.59. The van der Waals surface area contributed by atoms with Crippen LogP contribution in [0.1, 0.15) is 18.4 Å². The number of hydrogen-bond acceptors (Lipinski definition) is 3. The molecule has 1 saturated heterocycles. The number of nitrogens with one attached hydrogen (secondary N) is 1. The van der Waals surface area contributed by atoms with E-state index in [1.807, 2.05) is 6.07 Å². The van der Waals surface area contributed by atoms with E-state index in [9.17, 15) is 0 Å². The van der Waals surface area contributed by atoms with Crippen LogP contribution in [0.3, 0.4) is 0 Å². The van der Waals surface area contributed by atoms with Gasteiger partial charge in [0.25, 0.3) is 0 Å². The quantitative estimate of drug-likeness (QED) is 0.899. The summed E-state index contributed by atoms with van der Waals surface area (Å²) in [5.74, 6) is 0.948. The molecule has 1 heterocycles. The average Bonchev–Trinajstić information content (AvgIpc) is 2.98. The van der Waals surface area contributed by atoms with Crippen molar-refractivity contribution >= 4 is 5.57 Å². The molecule has 102 valence electrons. The lowest BCUT2D eigenvalue weighted by molar-refractivity contribution is 0.200. The van der Waals surface area contributed by atoms with Crippen LogP contribution in [-0.4, -0.2) is 44.2 Å². The van der Waals surface area contributed by atoms with Crippen molar-refractivity contribution in [3.63, 3.8) is 0 Å². The van der Waals surface area contributed by atoms with Crippen LogP contribution in [0.25, 0.3) is 5.57 Å². The molecular weight excluding hydrogens is 236 g/mol. The number of hydrogen-bond donors (Lipinski definition) is 1. The fourth-order valence-electron chi connectivity index (χ4n) is 3.07. The lowest BCUT2D eigenvalue weighted by Gasteiger charge is -2.31. The van der Waals surface area contributed by atoms with Crippen LogP contribution in [0.2, 0.25) is 0 Å². The molecule has 0 bridgehead atoms. The van der Waals surface area contributed by atoms with Crippen molar-refractivity contribution in [1.29, 1.82) is 0 Å². The third-order valence-electron chi connectivity index (χ3n) is 4.16. The van der Waals surface area contributed by atoms with Crippen LogP contribution in [-0.2, 0) is 0 Å². The fraction of sp³-hybridized carbons (Fsp3) is 0.500. The smallest absolute Gasteiger partial charge is 0.119 e. The van der Waals surface area contributed by atoms with E-state index < -0.39 is 0 Å². The van der Waals surface area contributed by atoms with E-state index in [2.05, 4.69) is 34.5 Å².